The van der Waals surface area contributed by atoms with Crippen LogP contribution in [-0.2, 0) is 10.0 Å². The molecule has 0 aromatic carbocycles. The third-order valence-corrected chi connectivity index (χ3v) is 6.44. The Kier molecular flexibility index (Phi) is 4.67. The van der Waals surface area contributed by atoms with Crippen molar-refractivity contribution in [2.24, 2.45) is 11.8 Å². The van der Waals surface area contributed by atoms with Crippen LogP contribution in [0.15, 0.2) is 0 Å². The zero-order valence-corrected chi connectivity index (χ0v) is 12.4. The van der Waals surface area contributed by atoms with E-state index in [0.29, 0.717) is 24.1 Å². The topological polar surface area (TPSA) is 49.4 Å². The molecule has 2 atom stereocenters. The van der Waals surface area contributed by atoms with Gasteiger partial charge in [-0.2, -0.15) is 4.31 Å². The van der Waals surface area contributed by atoms with Crippen LogP contribution in [0.2, 0.25) is 0 Å². The highest BCUT2D eigenvalue weighted by molar-refractivity contribution is 7.89. The fourth-order valence-corrected chi connectivity index (χ4v) is 5.33. The van der Waals surface area contributed by atoms with Gasteiger partial charge in [0.25, 0.3) is 0 Å². The molecule has 2 heterocycles. The van der Waals surface area contributed by atoms with Gasteiger partial charge < -0.3 is 5.32 Å². The maximum Gasteiger partial charge on any atom is 0.214 e. The molecule has 2 fully saturated rings. The Morgan fingerprint density at radius 2 is 1.78 bits per heavy atom. The van der Waals surface area contributed by atoms with Gasteiger partial charge in [-0.15, -0.1) is 0 Å². The van der Waals surface area contributed by atoms with Gasteiger partial charge >= 0.3 is 0 Å². The van der Waals surface area contributed by atoms with Gasteiger partial charge in [-0.05, 0) is 57.5 Å². The van der Waals surface area contributed by atoms with Gasteiger partial charge in [0.15, 0.2) is 0 Å². The molecule has 2 aliphatic rings. The number of hydrogen-bond acceptors (Lipinski definition) is 3. The normalized spacial score (nSPS) is 32.6. The number of nitrogens with zero attached hydrogens (tertiary/aromatic N) is 1. The second-order valence-electron chi connectivity index (χ2n) is 6.07. The molecule has 0 amide bonds. The monoisotopic (exact) mass is 274 g/mol. The minimum absolute atomic E-state index is 0.188. The van der Waals surface area contributed by atoms with E-state index in [1.165, 1.54) is 0 Å². The highest BCUT2D eigenvalue weighted by Gasteiger charge is 2.34. The van der Waals surface area contributed by atoms with Crippen molar-refractivity contribution in [1.82, 2.24) is 9.62 Å². The summed E-state index contributed by atoms with van der Waals surface area (Å²) in [7, 11) is -3.06. The molecule has 0 aromatic heterocycles. The SMILES string of the molecule is CC1CCC(C)N(S(=O)(=O)CC2CCNCC2)C1. The number of piperidine rings is 2. The zero-order valence-electron chi connectivity index (χ0n) is 11.6. The molecule has 106 valence electrons. The van der Waals surface area contributed by atoms with E-state index in [2.05, 4.69) is 12.2 Å². The first-order valence-corrected chi connectivity index (χ1v) is 8.80. The molecule has 5 heteroatoms. The van der Waals surface area contributed by atoms with Gasteiger partial charge in [-0.3, -0.25) is 0 Å². The van der Waals surface area contributed by atoms with Crippen molar-refractivity contribution >= 4 is 10.0 Å². The average Bonchev–Trinajstić information content (AvgIpc) is 2.33. The highest BCUT2D eigenvalue weighted by Crippen LogP contribution is 2.26. The third kappa shape index (κ3) is 3.45. The van der Waals surface area contributed by atoms with Crippen molar-refractivity contribution in [1.29, 1.82) is 0 Å². The molecule has 4 nitrogen and oxygen atoms in total. The van der Waals surface area contributed by atoms with Gasteiger partial charge in [0.05, 0.1) is 5.75 Å². The first-order valence-electron chi connectivity index (χ1n) is 7.19. The molecule has 2 unspecified atom stereocenters. The van der Waals surface area contributed by atoms with Gasteiger partial charge in [0.2, 0.25) is 10.0 Å². The molecule has 0 aromatic rings. The summed E-state index contributed by atoms with van der Waals surface area (Å²) in [6.45, 7) is 6.84. The summed E-state index contributed by atoms with van der Waals surface area (Å²) in [5.74, 6) is 1.20. The molecule has 0 bridgehead atoms. The Balaban J connectivity index is 2.00. The lowest BCUT2D eigenvalue weighted by Gasteiger charge is -2.37. The van der Waals surface area contributed by atoms with Gasteiger partial charge in [0, 0.05) is 12.6 Å². The largest absolute Gasteiger partial charge is 0.317 e. The smallest absolute Gasteiger partial charge is 0.214 e. The van der Waals surface area contributed by atoms with E-state index in [4.69, 9.17) is 0 Å². The fourth-order valence-electron chi connectivity index (χ4n) is 3.08. The maximum atomic E-state index is 12.5. The Hall–Kier alpha value is -0.130. The van der Waals surface area contributed by atoms with Crippen molar-refractivity contribution in [3.05, 3.63) is 0 Å². The Morgan fingerprint density at radius 3 is 2.44 bits per heavy atom. The molecule has 1 N–H and O–H groups in total. The second-order valence-corrected chi connectivity index (χ2v) is 8.04. The number of rotatable bonds is 3. The summed E-state index contributed by atoms with van der Waals surface area (Å²) in [5.41, 5.74) is 0. The standard InChI is InChI=1S/C13H26N2O2S/c1-11-3-4-12(2)15(9-11)18(16,17)10-13-5-7-14-8-6-13/h11-14H,3-10H2,1-2H3. The molecule has 18 heavy (non-hydrogen) atoms. The van der Waals surface area contributed by atoms with Crippen LogP contribution in [-0.4, -0.2) is 44.2 Å². The summed E-state index contributed by atoms with van der Waals surface area (Å²) in [4.78, 5) is 0. The fraction of sp³-hybridized carbons (Fsp3) is 1.00. The molecule has 2 aliphatic heterocycles. The Labute approximate surface area is 111 Å². The Bertz CT molecular complexity index is 363. The third-order valence-electron chi connectivity index (χ3n) is 4.32. The minimum atomic E-state index is -3.06. The van der Waals surface area contributed by atoms with E-state index >= 15 is 0 Å². The van der Waals surface area contributed by atoms with Crippen LogP contribution in [0, 0.1) is 11.8 Å². The van der Waals surface area contributed by atoms with E-state index in [9.17, 15) is 8.42 Å². The van der Waals surface area contributed by atoms with Crippen LogP contribution in [0.25, 0.3) is 0 Å². The molecule has 0 aliphatic carbocycles. The molecular weight excluding hydrogens is 248 g/mol. The summed E-state index contributed by atoms with van der Waals surface area (Å²) >= 11 is 0. The van der Waals surface area contributed by atoms with E-state index in [1.807, 2.05) is 6.92 Å². The molecule has 0 radical (unpaired) electrons. The lowest BCUT2D eigenvalue weighted by Crippen LogP contribution is -2.47. The molecule has 2 saturated heterocycles. The summed E-state index contributed by atoms with van der Waals surface area (Å²) in [6, 6.07) is 0.188. The highest BCUT2D eigenvalue weighted by atomic mass is 32.2. The number of sulfonamides is 1. The summed E-state index contributed by atoms with van der Waals surface area (Å²) < 4.78 is 26.8. The van der Waals surface area contributed by atoms with Crippen molar-refractivity contribution in [2.75, 3.05) is 25.4 Å². The van der Waals surface area contributed by atoms with E-state index in [1.54, 1.807) is 4.31 Å². The van der Waals surface area contributed by atoms with Crippen LogP contribution in [0.1, 0.15) is 39.5 Å². The lowest BCUT2D eigenvalue weighted by atomic mass is 9.97. The van der Waals surface area contributed by atoms with Gasteiger partial charge in [0.1, 0.15) is 0 Å². The first-order chi connectivity index (χ1) is 8.49. The lowest BCUT2D eigenvalue weighted by molar-refractivity contribution is 0.216. The van der Waals surface area contributed by atoms with Crippen molar-refractivity contribution in [2.45, 2.75) is 45.6 Å². The van der Waals surface area contributed by atoms with E-state index in [-0.39, 0.29) is 6.04 Å². The predicted molar refractivity (Wildman–Crippen MR) is 73.9 cm³/mol. The van der Waals surface area contributed by atoms with E-state index < -0.39 is 10.0 Å². The van der Waals surface area contributed by atoms with Crippen molar-refractivity contribution in [3.63, 3.8) is 0 Å². The number of hydrogen-bond donors (Lipinski definition) is 1. The first kappa shape index (κ1) is 14.3. The van der Waals surface area contributed by atoms with Crippen LogP contribution in [0.5, 0.6) is 0 Å². The maximum absolute atomic E-state index is 12.5. The second kappa shape index (κ2) is 5.88. The van der Waals surface area contributed by atoms with Crippen LogP contribution < -0.4 is 5.32 Å². The molecule has 0 spiro atoms. The van der Waals surface area contributed by atoms with Gasteiger partial charge in [-0.25, -0.2) is 8.42 Å². The quantitative estimate of drug-likeness (QED) is 0.847. The molecule has 2 rings (SSSR count). The van der Waals surface area contributed by atoms with Crippen molar-refractivity contribution < 1.29 is 8.42 Å². The Morgan fingerprint density at radius 1 is 1.11 bits per heavy atom. The molecule has 0 saturated carbocycles. The minimum Gasteiger partial charge on any atom is -0.317 e. The van der Waals surface area contributed by atoms with Crippen LogP contribution in [0.3, 0.4) is 0 Å². The number of nitrogens with one attached hydrogen (secondary N) is 1. The van der Waals surface area contributed by atoms with E-state index in [0.717, 1.165) is 38.8 Å². The van der Waals surface area contributed by atoms with Crippen LogP contribution >= 0.6 is 0 Å². The molecular formula is C13H26N2O2S. The predicted octanol–water partition coefficient (Wildman–Crippen LogP) is 1.44. The van der Waals surface area contributed by atoms with Gasteiger partial charge in [-0.1, -0.05) is 6.92 Å². The average molecular weight is 274 g/mol. The summed E-state index contributed by atoms with van der Waals surface area (Å²) in [5, 5.41) is 3.29. The van der Waals surface area contributed by atoms with Crippen LogP contribution in [0.4, 0.5) is 0 Å². The van der Waals surface area contributed by atoms with Crippen molar-refractivity contribution in [3.8, 4) is 0 Å². The summed E-state index contributed by atoms with van der Waals surface area (Å²) in [6.07, 6.45) is 4.15. The zero-order chi connectivity index (χ0) is 13.2.